The molecule has 9 heteroatoms. The zero-order valence-corrected chi connectivity index (χ0v) is 17.1. The number of anilines is 2. The second kappa shape index (κ2) is 8.83. The summed E-state index contributed by atoms with van der Waals surface area (Å²) in [6.07, 6.45) is 7.27. The van der Waals surface area contributed by atoms with Crippen LogP contribution in [0.5, 0.6) is 0 Å². The Morgan fingerprint density at radius 3 is 3.03 bits per heavy atom. The van der Waals surface area contributed by atoms with Gasteiger partial charge in [-0.05, 0) is 38.2 Å². The second-order valence-corrected chi connectivity index (χ2v) is 7.64. The van der Waals surface area contributed by atoms with E-state index in [1.54, 1.807) is 6.07 Å². The molecule has 1 fully saturated rings. The fraction of sp³-hybridized carbons (Fsp3) is 0.476. The first-order chi connectivity index (χ1) is 14.6. The van der Waals surface area contributed by atoms with Gasteiger partial charge in [0.05, 0.1) is 5.56 Å². The molecule has 1 aliphatic heterocycles. The van der Waals surface area contributed by atoms with Crippen LogP contribution in [0.4, 0.5) is 16.0 Å². The number of nitrogens with zero attached hydrogens (tertiary/aromatic N) is 5. The minimum absolute atomic E-state index is 0.124. The second-order valence-electron chi connectivity index (χ2n) is 7.64. The van der Waals surface area contributed by atoms with Crippen molar-refractivity contribution in [1.29, 1.82) is 0 Å². The monoisotopic (exact) mass is 414 g/mol. The molecule has 4 heterocycles. The highest BCUT2D eigenvalue weighted by molar-refractivity contribution is 5.61. The lowest BCUT2D eigenvalue weighted by Crippen LogP contribution is -2.40. The molecule has 0 aliphatic carbocycles. The predicted molar refractivity (Wildman–Crippen MR) is 112 cm³/mol. The summed E-state index contributed by atoms with van der Waals surface area (Å²) in [4.78, 5) is 6.98. The van der Waals surface area contributed by atoms with Crippen LogP contribution in [0.15, 0.2) is 30.6 Å². The fourth-order valence-corrected chi connectivity index (χ4v) is 4.15. The van der Waals surface area contributed by atoms with E-state index in [4.69, 9.17) is 4.98 Å². The summed E-state index contributed by atoms with van der Waals surface area (Å²) in [6, 6.07) is 5.62. The van der Waals surface area contributed by atoms with E-state index >= 15 is 0 Å². The molecular formula is C21H27FN6O2. The third-order valence-electron chi connectivity index (χ3n) is 5.67. The molecule has 30 heavy (non-hydrogen) atoms. The van der Waals surface area contributed by atoms with Crippen molar-refractivity contribution < 1.29 is 14.2 Å². The van der Waals surface area contributed by atoms with Gasteiger partial charge in [-0.3, -0.25) is 0 Å². The first-order valence-corrected chi connectivity index (χ1v) is 10.5. The Morgan fingerprint density at radius 2 is 2.27 bits per heavy atom. The topological polar surface area (TPSA) is 92.6 Å². The van der Waals surface area contributed by atoms with Crippen molar-refractivity contribution in [3.05, 3.63) is 52.9 Å². The first kappa shape index (κ1) is 20.3. The van der Waals surface area contributed by atoms with Crippen LogP contribution in [-0.2, 0) is 13.0 Å². The Hall–Kier alpha value is -2.94. The number of halogens is 1. The summed E-state index contributed by atoms with van der Waals surface area (Å²) in [5.41, 5.74) is 1.78. The van der Waals surface area contributed by atoms with Crippen molar-refractivity contribution >= 4 is 17.3 Å². The largest absolute Gasteiger partial charge is 0.619 e. The molecule has 0 bridgehead atoms. The molecule has 1 aliphatic rings. The molecule has 0 amide bonds. The van der Waals surface area contributed by atoms with Crippen LogP contribution >= 0.6 is 0 Å². The van der Waals surface area contributed by atoms with Gasteiger partial charge in [0.2, 0.25) is 5.95 Å². The SMILES string of the molecule is CCc1c(F)nn2c(NCc3ccc[n+]([O-])c3)cc(N3CCCCC3CCO)nc12. The number of fused-ring (bicyclic) bond motifs is 1. The van der Waals surface area contributed by atoms with Crippen molar-refractivity contribution in [2.75, 3.05) is 23.4 Å². The summed E-state index contributed by atoms with van der Waals surface area (Å²) < 4.78 is 16.7. The molecule has 4 rings (SSSR count). The minimum Gasteiger partial charge on any atom is -0.619 e. The summed E-state index contributed by atoms with van der Waals surface area (Å²) in [6.45, 7) is 3.25. The number of aromatic nitrogens is 4. The Bertz CT molecular complexity index is 1020. The lowest BCUT2D eigenvalue weighted by Gasteiger charge is -2.36. The third kappa shape index (κ3) is 4.02. The normalized spacial score (nSPS) is 16.9. The first-order valence-electron chi connectivity index (χ1n) is 10.5. The van der Waals surface area contributed by atoms with Crippen LogP contribution < -0.4 is 14.9 Å². The van der Waals surface area contributed by atoms with Gasteiger partial charge in [-0.25, -0.2) is 4.98 Å². The molecule has 1 unspecified atom stereocenters. The molecular weight excluding hydrogens is 387 g/mol. The van der Waals surface area contributed by atoms with Gasteiger partial charge < -0.3 is 20.5 Å². The summed E-state index contributed by atoms with van der Waals surface area (Å²) in [7, 11) is 0. The standard InChI is InChI=1S/C21H27FN6O2/c1-2-17-20(22)25-28-18(23-13-15-6-5-9-26(30)14-15)12-19(24-21(17)28)27-10-4-3-7-16(27)8-11-29/h5-6,9,12,14,16,23,29H,2-4,7-8,10-11,13H2,1H3. The lowest BCUT2D eigenvalue weighted by molar-refractivity contribution is -0.605. The zero-order valence-electron chi connectivity index (χ0n) is 17.1. The number of hydrogen-bond acceptors (Lipinski definition) is 6. The Labute approximate surface area is 174 Å². The molecule has 0 radical (unpaired) electrons. The fourth-order valence-electron chi connectivity index (χ4n) is 4.15. The number of piperidine rings is 1. The van der Waals surface area contributed by atoms with Crippen LogP contribution in [0.1, 0.15) is 43.7 Å². The number of pyridine rings is 1. The van der Waals surface area contributed by atoms with Gasteiger partial charge >= 0.3 is 0 Å². The van der Waals surface area contributed by atoms with E-state index in [1.807, 2.05) is 19.1 Å². The Morgan fingerprint density at radius 1 is 1.40 bits per heavy atom. The van der Waals surface area contributed by atoms with E-state index in [9.17, 15) is 14.7 Å². The van der Waals surface area contributed by atoms with Crippen molar-refractivity contribution in [3.63, 3.8) is 0 Å². The number of aliphatic hydroxyl groups excluding tert-OH is 1. The zero-order chi connectivity index (χ0) is 21.1. The predicted octanol–water partition coefficient (Wildman–Crippen LogP) is 2.42. The number of nitrogens with one attached hydrogen (secondary N) is 1. The number of aliphatic hydroxyl groups is 1. The average molecular weight is 414 g/mol. The van der Waals surface area contributed by atoms with E-state index in [1.165, 1.54) is 16.9 Å². The van der Waals surface area contributed by atoms with Crippen LogP contribution in [0.3, 0.4) is 0 Å². The van der Waals surface area contributed by atoms with E-state index in [0.717, 1.165) is 41.9 Å². The summed E-state index contributed by atoms with van der Waals surface area (Å²) in [5.74, 6) is 0.848. The van der Waals surface area contributed by atoms with Gasteiger partial charge in [0, 0.05) is 43.4 Å². The van der Waals surface area contributed by atoms with Gasteiger partial charge in [-0.1, -0.05) is 6.92 Å². The summed E-state index contributed by atoms with van der Waals surface area (Å²) in [5, 5.41) is 28.4. The van der Waals surface area contributed by atoms with Crippen LogP contribution in [0.25, 0.3) is 5.65 Å². The molecule has 3 aromatic rings. The van der Waals surface area contributed by atoms with Gasteiger partial charge in [-0.15, -0.1) is 5.10 Å². The molecule has 1 saturated heterocycles. The van der Waals surface area contributed by atoms with Crippen LogP contribution in [0.2, 0.25) is 0 Å². The van der Waals surface area contributed by atoms with Crippen molar-refractivity contribution in [3.8, 4) is 0 Å². The third-order valence-corrected chi connectivity index (χ3v) is 5.67. The van der Waals surface area contributed by atoms with Crippen LogP contribution in [-0.4, -0.2) is 38.9 Å². The average Bonchev–Trinajstić information content (AvgIpc) is 3.07. The molecule has 0 spiro atoms. The Kier molecular flexibility index (Phi) is 5.98. The van der Waals surface area contributed by atoms with Crippen molar-refractivity contribution in [1.82, 2.24) is 14.6 Å². The highest BCUT2D eigenvalue weighted by Crippen LogP contribution is 2.29. The molecule has 3 aromatic heterocycles. The summed E-state index contributed by atoms with van der Waals surface area (Å²) >= 11 is 0. The van der Waals surface area contributed by atoms with Crippen LogP contribution in [0, 0.1) is 11.2 Å². The molecule has 8 nitrogen and oxygen atoms in total. The smallest absolute Gasteiger partial charge is 0.238 e. The van der Waals surface area contributed by atoms with Gasteiger partial charge in [-0.2, -0.15) is 13.6 Å². The van der Waals surface area contributed by atoms with E-state index in [-0.39, 0.29) is 12.6 Å². The van der Waals surface area contributed by atoms with Gasteiger partial charge in [0.15, 0.2) is 18.0 Å². The quantitative estimate of drug-likeness (QED) is 0.456. The molecule has 0 aromatic carbocycles. The van der Waals surface area contributed by atoms with Gasteiger partial charge in [0.25, 0.3) is 0 Å². The highest BCUT2D eigenvalue weighted by atomic mass is 19.1. The van der Waals surface area contributed by atoms with Crippen molar-refractivity contribution in [2.45, 2.75) is 51.6 Å². The number of aryl methyl sites for hydroxylation is 1. The molecule has 0 saturated carbocycles. The van der Waals surface area contributed by atoms with Crippen molar-refractivity contribution in [2.24, 2.45) is 0 Å². The number of rotatable bonds is 7. The Balaban J connectivity index is 1.73. The maximum atomic E-state index is 14.5. The van der Waals surface area contributed by atoms with E-state index < -0.39 is 5.95 Å². The number of hydrogen-bond donors (Lipinski definition) is 2. The van der Waals surface area contributed by atoms with E-state index in [2.05, 4.69) is 15.3 Å². The highest BCUT2D eigenvalue weighted by Gasteiger charge is 2.25. The minimum atomic E-state index is -0.520. The maximum Gasteiger partial charge on any atom is 0.238 e. The molecule has 160 valence electrons. The molecule has 2 N–H and O–H groups in total. The maximum absolute atomic E-state index is 14.5. The van der Waals surface area contributed by atoms with E-state index in [0.29, 0.717) is 36.4 Å². The lowest BCUT2D eigenvalue weighted by atomic mass is 9.99. The van der Waals surface area contributed by atoms with Gasteiger partial charge in [0.1, 0.15) is 11.6 Å². The molecule has 1 atom stereocenters.